The van der Waals surface area contributed by atoms with Crippen molar-refractivity contribution in [3.8, 4) is 22.5 Å². The van der Waals surface area contributed by atoms with Crippen molar-refractivity contribution in [1.29, 1.82) is 0 Å². The molecule has 1 N–H and O–H groups in total. The highest BCUT2D eigenvalue weighted by atomic mass is 127. The van der Waals surface area contributed by atoms with Crippen LogP contribution in [0.3, 0.4) is 0 Å². The van der Waals surface area contributed by atoms with E-state index in [1.165, 1.54) is 5.56 Å². The van der Waals surface area contributed by atoms with Crippen molar-refractivity contribution in [3.05, 3.63) is 54.1 Å². The SMILES string of the molecule is IN1Cc2ccccc2-c2n[nH]nc2-c2ccccc21. The van der Waals surface area contributed by atoms with Crippen LogP contribution in [-0.2, 0) is 6.54 Å². The Balaban J connectivity index is 2.07. The van der Waals surface area contributed by atoms with Gasteiger partial charge in [0.15, 0.2) is 0 Å². The van der Waals surface area contributed by atoms with Crippen LogP contribution in [-0.4, -0.2) is 15.4 Å². The molecule has 0 atom stereocenters. The van der Waals surface area contributed by atoms with Crippen LogP contribution in [0.2, 0.25) is 0 Å². The molecule has 2 heterocycles. The Kier molecular flexibility index (Phi) is 2.73. The molecule has 0 spiro atoms. The van der Waals surface area contributed by atoms with E-state index >= 15 is 0 Å². The summed E-state index contributed by atoms with van der Waals surface area (Å²) in [5.74, 6) is 0. The maximum Gasteiger partial charge on any atom is 0.122 e. The largest absolute Gasteiger partial charge is 0.310 e. The molecule has 0 fully saturated rings. The minimum absolute atomic E-state index is 0.847. The van der Waals surface area contributed by atoms with Crippen molar-refractivity contribution in [3.63, 3.8) is 0 Å². The molecule has 20 heavy (non-hydrogen) atoms. The molecule has 3 aromatic rings. The lowest BCUT2D eigenvalue weighted by molar-refractivity contribution is 0.944. The van der Waals surface area contributed by atoms with Crippen LogP contribution in [0.4, 0.5) is 5.69 Å². The molecular weight excluding hydrogens is 363 g/mol. The van der Waals surface area contributed by atoms with Gasteiger partial charge in [0.05, 0.1) is 35.1 Å². The molecule has 0 aliphatic carbocycles. The van der Waals surface area contributed by atoms with Crippen molar-refractivity contribution in [2.24, 2.45) is 0 Å². The smallest absolute Gasteiger partial charge is 0.122 e. The van der Waals surface area contributed by atoms with E-state index in [1.54, 1.807) is 0 Å². The van der Waals surface area contributed by atoms with Crippen LogP contribution in [0.15, 0.2) is 48.5 Å². The molecule has 4 nitrogen and oxygen atoms in total. The number of H-pyrrole nitrogens is 1. The van der Waals surface area contributed by atoms with E-state index in [-0.39, 0.29) is 0 Å². The van der Waals surface area contributed by atoms with Crippen LogP contribution in [0.1, 0.15) is 5.56 Å². The Morgan fingerprint density at radius 3 is 2.40 bits per heavy atom. The fraction of sp³-hybridized carbons (Fsp3) is 0.0667. The second-order valence-corrected chi connectivity index (χ2v) is 5.88. The number of hydrogen-bond acceptors (Lipinski definition) is 3. The van der Waals surface area contributed by atoms with Gasteiger partial charge in [-0.3, -0.25) is 0 Å². The number of aromatic amines is 1. The molecule has 5 heteroatoms. The quantitative estimate of drug-likeness (QED) is 0.481. The minimum Gasteiger partial charge on any atom is -0.310 e. The fourth-order valence-corrected chi connectivity index (χ4v) is 3.40. The Hall–Kier alpha value is -1.89. The maximum atomic E-state index is 4.37. The summed E-state index contributed by atoms with van der Waals surface area (Å²) in [5, 5.41) is 11.5. The van der Waals surface area contributed by atoms with Crippen LogP contribution < -0.4 is 3.11 Å². The molecule has 2 aromatic carbocycles. The van der Waals surface area contributed by atoms with Gasteiger partial charge in [0.2, 0.25) is 0 Å². The Labute approximate surface area is 130 Å². The molecule has 1 aliphatic heterocycles. The van der Waals surface area contributed by atoms with Gasteiger partial charge in [-0.2, -0.15) is 15.4 Å². The average molecular weight is 374 g/mol. The summed E-state index contributed by atoms with van der Waals surface area (Å²) in [5.41, 5.74) is 6.52. The summed E-state index contributed by atoms with van der Waals surface area (Å²) >= 11 is 2.36. The lowest BCUT2D eigenvalue weighted by Gasteiger charge is -2.23. The van der Waals surface area contributed by atoms with Crippen molar-refractivity contribution in [1.82, 2.24) is 15.4 Å². The average Bonchev–Trinajstić information content (AvgIpc) is 2.95. The Morgan fingerprint density at radius 2 is 1.55 bits per heavy atom. The van der Waals surface area contributed by atoms with Gasteiger partial charge in [0.1, 0.15) is 11.4 Å². The van der Waals surface area contributed by atoms with Gasteiger partial charge < -0.3 is 3.11 Å². The molecule has 0 saturated carbocycles. The number of halogens is 1. The van der Waals surface area contributed by atoms with Crippen LogP contribution in [0.25, 0.3) is 22.5 Å². The second kappa shape index (κ2) is 4.59. The van der Waals surface area contributed by atoms with Crippen molar-refractivity contribution in [2.45, 2.75) is 6.54 Å². The third-order valence-corrected chi connectivity index (χ3v) is 4.41. The zero-order valence-electron chi connectivity index (χ0n) is 10.5. The Morgan fingerprint density at radius 1 is 0.900 bits per heavy atom. The number of para-hydroxylation sites is 1. The first-order valence-electron chi connectivity index (χ1n) is 6.36. The highest BCUT2D eigenvalue weighted by Gasteiger charge is 2.23. The zero-order valence-corrected chi connectivity index (χ0v) is 12.7. The van der Waals surface area contributed by atoms with Crippen molar-refractivity contribution >= 4 is 28.6 Å². The van der Waals surface area contributed by atoms with E-state index in [0.29, 0.717) is 0 Å². The molecule has 0 unspecified atom stereocenters. The van der Waals surface area contributed by atoms with Gasteiger partial charge in [-0.05, 0) is 11.6 Å². The van der Waals surface area contributed by atoms with E-state index in [4.69, 9.17) is 0 Å². The van der Waals surface area contributed by atoms with Crippen molar-refractivity contribution in [2.75, 3.05) is 3.11 Å². The third kappa shape index (κ3) is 1.73. The standard InChI is InChI=1S/C15H11IN4/c16-20-9-10-5-1-2-6-11(10)14-15(18-19-17-14)12-7-3-4-8-13(12)20/h1-8H,9H2,(H,17,18,19). The summed E-state index contributed by atoms with van der Waals surface area (Å²) in [7, 11) is 0. The predicted molar refractivity (Wildman–Crippen MR) is 87.5 cm³/mol. The van der Waals surface area contributed by atoms with Gasteiger partial charge in [0.25, 0.3) is 0 Å². The van der Waals surface area contributed by atoms with Gasteiger partial charge in [-0.1, -0.05) is 42.5 Å². The van der Waals surface area contributed by atoms with Crippen LogP contribution >= 0.6 is 22.9 Å². The molecule has 98 valence electrons. The summed E-state index contributed by atoms with van der Waals surface area (Å²) in [6.45, 7) is 0.847. The molecule has 0 amide bonds. The topological polar surface area (TPSA) is 44.8 Å². The number of rotatable bonds is 0. The van der Waals surface area contributed by atoms with Gasteiger partial charge in [-0.25, -0.2) is 0 Å². The van der Waals surface area contributed by atoms with Gasteiger partial charge in [0, 0.05) is 11.1 Å². The number of anilines is 1. The molecule has 1 aliphatic rings. The lowest BCUT2D eigenvalue weighted by Crippen LogP contribution is -2.12. The minimum atomic E-state index is 0.847. The van der Waals surface area contributed by atoms with E-state index in [9.17, 15) is 0 Å². The molecular formula is C15H11IN4. The predicted octanol–water partition coefficient (Wildman–Crippen LogP) is 3.81. The maximum absolute atomic E-state index is 4.37. The normalized spacial score (nSPS) is 12.9. The van der Waals surface area contributed by atoms with E-state index < -0.39 is 0 Å². The third-order valence-electron chi connectivity index (χ3n) is 3.55. The Bertz CT molecular complexity index is 781. The van der Waals surface area contributed by atoms with Crippen LogP contribution in [0.5, 0.6) is 0 Å². The summed E-state index contributed by atoms with van der Waals surface area (Å²) in [4.78, 5) is 0. The number of hydrogen-bond donors (Lipinski definition) is 1. The van der Waals surface area contributed by atoms with Crippen molar-refractivity contribution < 1.29 is 0 Å². The first-order chi connectivity index (χ1) is 9.84. The molecule has 4 rings (SSSR count). The number of benzene rings is 2. The van der Waals surface area contributed by atoms with Gasteiger partial charge in [-0.15, -0.1) is 0 Å². The first kappa shape index (κ1) is 11.9. The first-order valence-corrected chi connectivity index (χ1v) is 7.33. The summed E-state index contributed by atoms with van der Waals surface area (Å²) in [6, 6.07) is 16.7. The van der Waals surface area contributed by atoms with E-state index in [0.717, 1.165) is 34.7 Å². The van der Waals surface area contributed by atoms with Gasteiger partial charge >= 0.3 is 0 Å². The number of fused-ring (bicyclic) bond motifs is 5. The van der Waals surface area contributed by atoms with E-state index in [1.807, 2.05) is 12.1 Å². The highest BCUT2D eigenvalue weighted by molar-refractivity contribution is 14.1. The molecule has 1 aromatic heterocycles. The fourth-order valence-electron chi connectivity index (χ4n) is 2.62. The molecule has 0 bridgehead atoms. The highest BCUT2D eigenvalue weighted by Crippen LogP contribution is 2.40. The summed E-state index contributed by atoms with van der Waals surface area (Å²) in [6.07, 6.45) is 0. The molecule has 0 saturated heterocycles. The monoisotopic (exact) mass is 374 g/mol. The number of aromatic nitrogens is 3. The number of nitrogens with one attached hydrogen (secondary N) is 1. The second-order valence-electron chi connectivity index (χ2n) is 4.72. The lowest BCUT2D eigenvalue weighted by atomic mass is 9.97. The molecule has 0 radical (unpaired) electrons. The van der Waals surface area contributed by atoms with E-state index in [2.05, 4.69) is 77.8 Å². The van der Waals surface area contributed by atoms with Crippen LogP contribution in [0, 0.1) is 0 Å². The summed E-state index contributed by atoms with van der Waals surface area (Å²) < 4.78 is 2.23. The zero-order chi connectivity index (χ0) is 13.5. The number of nitrogens with zero attached hydrogens (tertiary/aromatic N) is 3.